The summed E-state index contributed by atoms with van der Waals surface area (Å²) in [6.07, 6.45) is 0. The van der Waals surface area contributed by atoms with E-state index in [1.165, 1.54) is 27.8 Å². The average molecular weight is 458 g/mol. The Morgan fingerprint density at radius 2 is 1.94 bits per heavy atom. The molecule has 1 amide bonds. The Morgan fingerprint density at radius 1 is 1.16 bits per heavy atom. The monoisotopic (exact) mass is 457 g/mol. The lowest BCUT2D eigenvalue weighted by Crippen LogP contribution is -2.47. The van der Waals surface area contributed by atoms with E-state index in [9.17, 15) is 9.18 Å². The molecule has 2 aromatic heterocycles. The number of aryl methyl sites for hydroxylation is 1. The standard InChI is InChI=1S/C24H28FN3OS2/c1-4-27-10-12-28(13-11-27)22(18-7-5-8-19(25)15-18)21-16(2)17(3)31-24(21)26-23(29)20-9-6-14-30-20/h5-9,14-15,22H,4,10-13H2,1-3H3,(H,26,29)/t22-/m0/s1. The van der Waals surface area contributed by atoms with Gasteiger partial charge in [0.25, 0.3) is 5.91 Å². The van der Waals surface area contributed by atoms with Gasteiger partial charge in [0.05, 0.1) is 10.9 Å². The fraction of sp³-hybridized carbons (Fsp3) is 0.375. The van der Waals surface area contributed by atoms with E-state index in [1.54, 1.807) is 23.5 Å². The van der Waals surface area contributed by atoms with Crippen molar-refractivity contribution >= 4 is 33.6 Å². The number of carbonyl (C=O) groups is 1. The minimum Gasteiger partial charge on any atom is -0.313 e. The molecule has 1 fully saturated rings. The highest BCUT2D eigenvalue weighted by Crippen LogP contribution is 2.42. The molecule has 1 saturated heterocycles. The van der Waals surface area contributed by atoms with Crippen LogP contribution in [0.25, 0.3) is 0 Å². The molecule has 1 atom stereocenters. The summed E-state index contributed by atoms with van der Waals surface area (Å²) < 4.78 is 14.2. The van der Waals surface area contributed by atoms with Crippen LogP contribution in [0.4, 0.5) is 9.39 Å². The number of amides is 1. The highest BCUT2D eigenvalue weighted by molar-refractivity contribution is 7.17. The topological polar surface area (TPSA) is 35.6 Å². The minimum atomic E-state index is -0.233. The molecule has 3 aromatic rings. The summed E-state index contributed by atoms with van der Waals surface area (Å²) in [6.45, 7) is 11.2. The van der Waals surface area contributed by atoms with Crippen LogP contribution in [-0.4, -0.2) is 48.4 Å². The van der Waals surface area contributed by atoms with Crippen LogP contribution in [0, 0.1) is 19.7 Å². The van der Waals surface area contributed by atoms with Gasteiger partial charge in [-0.3, -0.25) is 9.69 Å². The Morgan fingerprint density at radius 3 is 2.58 bits per heavy atom. The van der Waals surface area contributed by atoms with Gasteiger partial charge in [-0.25, -0.2) is 4.39 Å². The lowest BCUT2D eigenvalue weighted by Gasteiger charge is -2.39. The Kier molecular flexibility index (Phi) is 6.86. The summed E-state index contributed by atoms with van der Waals surface area (Å²) in [4.78, 5) is 19.6. The maximum absolute atomic E-state index is 14.2. The second kappa shape index (κ2) is 9.61. The van der Waals surface area contributed by atoms with Gasteiger partial charge in [-0.15, -0.1) is 22.7 Å². The van der Waals surface area contributed by atoms with Crippen LogP contribution < -0.4 is 5.32 Å². The van der Waals surface area contributed by atoms with Gasteiger partial charge in [0.1, 0.15) is 10.8 Å². The number of piperazine rings is 1. The fourth-order valence-corrected chi connectivity index (χ4v) is 5.92. The number of likely N-dealkylation sites (N-methyl/N-ethyl adjacent to an activating group) is 1. The number of hydrogen-bond donors (Lipinski definition) is 1. The molecule has 0 bridgehead atoms. The SMILES string of the molecule is CCN1CCN([C@@H](c2cccc(F)c2)c2c(NC(=O)c3cccs3)sc(C)c2C)CC1. The molecule has 7 heteroatoms. The molecular formula is C24H28FN3OS2. The van der Waals surface area contributed by atoms with E-state index in [2.05, 4.69) is 35.9 Å². The van der Waals surface area contributed by atoms with Gasteiger partial charge < -0.3 is 10.2 Å². The largest absolute Gasteiger partial charge is 0.313 e. The number of thiophene rings is 2. The lowest BCUT2D eigenvalue weighted by atomic mass is 9.94. The van der Waals surface area contributed by atoms with Crippen molar-refractivity contribution in [1.82, 2.24) is 9.80 Å². The molecule has 0 unspecified atom stereocenters. The Labute approximate surface area is 191 Å². The van der Waals surface area contributed by atoms with Crippen molar-refractivity contribution in [1.29, 1.82) is 0 Å². The smallest absolute Gasteiger partial charge is 0.266 e. The third-order valence-electron chi connectivity index (χ3n) is 6.06. The number of nitrogens with zero attached hydrogens (tertiary/aromatic N) is 2. The average Bonchev–Trinajstić information content (AvgIpc) is 3.39. The summed E-state index contributed by atoms with van der Waals surface area (Å²) in [6, 6.07) is 10.5. The molecule has 1 aliphatic rings. The second-order valence-corrected chi connectivity index (χ2v) is 10.1. The van der Waals surface area contributed by atoms with Crippen LogP contribution in [0.15, 0.2) is 41.8 Å². The molecule has 4 rings (SSSR count). The lowest BCUT2D eigenvalue weighted by molar-refractivity contribution is 0.102. The third-order valence-corrected chi connectivity index (χ3v) is 8.07. The summed E-state index contributed by atoms with van der Waals surface area (Å²) in [5, 5.41) is 5.93. The molecule has 1 aromatic carbocycles. The highest BCUT2D eigenvalue weighted by Gasteiger charge is 2.31. The fourth-order valence-electron chi connectivity index (χ4n) is 4.21. The van der Waals surface area contributed by atoms with Crippen molar-refractivity contribution in [3.8, 4) is 0 Å². The molecule has 1 aliphatic heterocycles. The van der Waals surface area contributed by atoms with Gasteiger partial charge in [0.15, 0.2) is 0 Å². The van der Waals surface area contributed by atoms with Crippen molar-refractivity contribution in [2.75, 3.05) is 38.0 Å². The summed E-state index contributed by atoms with van der Waals surface area (Å²) >= 11 is 3.04. The van der Waals surface area contributed by atoms with Crippen LogP contribution in [0.2, 0.25) is 0 Å². The van der Waals surface area contributed by atoms with Crippen molar-refractivity contribution in [2.45, 2.75) is 26.8 Å². The zero-order valence-corrected chi connectivity index (χ0v) is 19.8. The van der Waals surface area contributed by atoms with E-state index in [0.29, 0.717) is 4.88 Å². The maximum Gasteiger partial charge on any atom is 0.266 e. The molecule has 0 spiro atoms. The zero-order chi connectivity index (χ0) is 22.0. The predicted molar refractivity (Wildman–Crippen MR) is 128 cm³/mol. The number of rotatable bonds is 6. The number of benzene rings is 1. The quantitative estimate of drug-likeness (QED) is 0.528. The summed E-state index contributed by atoms with van der Waals surface area (Å²) in [7, 11) is 0. The van der Waals surface area contributed by atoms with Gasteiger partial charge in [0.2, 0.25) is 0 Å². The van der Waals surface area contributed by atoms with Gasteiger partial charge >= 0.3 is 0 Å². The first-order valence-electron chi connectivity index (χ1n) is 10.6. The van der Waals surface area contributed by atoms with Crippen LogP contribution in [0.3, 0.4) is 0 Å². The van der Waals surface area contributed by atoms with Gasteiger partial charge in [-0.2, -0.15) is 0 Å². The molecule has 164 valence electrons. The third kappa shape index (κ3) is 4.75. The van der Waals surface area contributed by atoms with E-state index in [4.69, 9.17) is 0 Å². The van der Waals surface area contributed by atoms with Crippen molar-refractivity contribution in [2.24, 2.45) is 0 Å². The van der Waals surface area contributed by atoms with E-state index >= 15 is 0 Å². The van der Waals surface area contributed by atoms with Gasteiger partial charge in [0, 0.05) is 36.6 Å². The molecule has 0 aliphatic carbocycles. The van der Waals surface area contributed by atoms with Crippen LogP contribution >= 0.6 is 22.7 Å². The molecular weight excluding hydrogens is 429 g/mol. The van der Waals surface area contributed by atoms with E-state index in [0.717, 1.165) is 48.9 Å². The first-order chi connectivity index (χ1) is 15.0. The predicted octanol–water partition coefficient (Wildman–Crippen LogP) is 5.54. The number of halogens is 1. The van der Waals surface area contributed by atoms with Gasteiger partial charge in [-0.1, -0.05) is 25.1 Å². The molecule has 4 nitrogen and oxygen atoms in total. The maximum atomic E-state index is 14.2. The Balaban J connectivity index is 1.75. The van der Waals surface area contributed by atoms with Crippen molar-refractivity contribution < 1.29 is 9.18 Å². The minimum absolute atomic E-state index is 0.0914. The van der Waals surface area contributed by atoms with Crippen LogP contribution in [0.1, 0.15) is 44.2 Å². The molecule has 1 N–H and O–H groups in total. The van der Waals surface area contributed by atoms with Crippen LogP contribution in [0.5, 0.6) is 0 Å². The van der Waals surface area contributed by atoms with Gasteiger partial charge in [-0.05, 0) is 55.1 Å². The summed E-state index contributed by atoms with van der Waals surface area (Å²) in [5.41, 5.74) is 3.18. The molecule has 0 saturated carbocycles. The number of hydrogen-bond acceptors (Lipinski definition) is 5. The second-order valence-electron chi connectivity index (χ2n) is 7.89. The van der Waals surface area contributed by atoms with Crippen molar-refractivity contribution in [3.63, 3.8) is 0 Å². The van der Waals surface area contributed by atoms with E-state index in [-0.39, 0.29) is 17.8 Å². The Hall–Kier alpha value is -2.06. The number of nitrogens with one attached hydrogen (secondary N) is 1. The molecule has 3 heterocycles. The zero-order valence-electron chi connectivity index (χ0n) is 18.2. The van der Waals surface area contributed by atoms with E-state index < -0.39 is 0 Å². The van der Waals surface area contributed by atoms with Crippen molar-refractivity contribution in [3.05, 3.63) is 74.0 Å². The first-order valence-corrected chi connectivity index (χ1v) is 12.3. The van der Waals surface area contributed by atoms with Crippen LogP contribution in [-0.2, 0) is 0 Å². The summed E-state index contributed by atoms with van der Waals surface area (Å²) in [5.74, 6) is -0.324. The Bertz CT molecular complexity index is 1040. The normalized spacial score (nSPS) is 16.4. The molecule has 0 radical (unpaired) electrons. The first kappa shape index (κ1) is 22.1. The highest BCUT2D eigenvalue weighted by atomic mass is 32.1. The number of anilines is 1. The molecule has 31 heavy (non-hydrogen) atoms. The number of carbonyl (C=O) groups excluding carboxylic acids is 1. The van der Waals surface area contributed by atoms with E-state index in [1.807, 2.05) is 23.6 Å².